The quantitative estimate of drug-likeness (QED) is 0.391. The molecule has 0 atom stereocenters. The summed E-state index contributed by atoms with van der Waals surface area (Å²) in [5.74, 6) is 0. The van der Waals surface area contributed by atoms with Crippen LogP contribution in [0.5, 0.6) is 0 Å². The molecule has 0 heterocycles. The molecule has 4 aromatic rings. The molecule has 0 spiro atoms. The van der Waals surface area contributed by atoms with Gasteiger partial charge < -0.3 is 0 Å². The topological polar surface area (TPSA) is 0 Å². The van der Waals surface area contributed by atoms with E-state index < -0.39 is 0 Å². The first-order valence-corrected chi connectivity index (χ1v) is 8.85. The average molecular weight is 310 g/mol. The van der Waals surface area contributed by atoms with E-state index in [0.717, 1.165) is 12.8 Å². The molecular formula is C24H22. The molecule has 0 unspecified atom stereocenters. The van der Waals surface area contributed by atoms with E-state index in [1.54, 1.807) is 0 Å². The van der Waals surface area contributed by atoms with E-state index >= 15 is 0 Å². The summed E-state index contributed by atoms with van der Waals surface area (Å²) in [5, 5.41) is 5.46. The summed E-state index contributed by atoms with van der Waals surface area (Å²) in [7, 11) is 0. The number of aryl methyl sites for hydroxylation is 2. The highest BCUT2D eigenvalue weighted by molar-refractivity contribution is 6.07. The van der Waals surface area contributed by atoms with E-state index in [1.807, 2.05) is 0 Å². The van der Waals surface area contributed by atoms with Crippen LogP contribution in [-0.2, 0) is 12.8 Å². The second kappa shape index (κ2) is 6.13. The summed E-state index contributed by atoms with van der Waals surface area (Å²) in [6, 6.07) is 26.8. The number of hydrogen-bond donors (Lipinski definition) is 0. The minimum absolute atomic E-state index is 1.07. The fourth-order valence-electron chi connectivity index (χ4n) is 3.81. The molecule has 4 aromatic carbocycles. The molecular weight excluding hydrogens is 288 g/mol. The molecule has 24 heavy (non-hydrogen) atoms. The third-order valence-electron chi connectivity index (χ3n) is 5.08. The highest BCUT2D eigenvalue weighted by Crippen LogP contribution is 2.36. The predicted octanol–water partition coefficient (Wildman–Crippen LogP) is 6.78. The molecule has 0 bridgehead atoms. The van der Waals surface area contributed by atoms with Crippen molar-refractivity contribution < 1.29 is 0 Å². The van der Waals surface area contributed by atoms with Crippen molar-refractivity contribution >= 4 is 21.5 Å². The van der Waals surface area contributed by atoms with E-state index in [9.17, 15) is 0 Å². The van der Waals surface area contributed by atoms with Crippen LogP contribution in [0, 0.1) is 0 Å². The van der Waals surface area contributed by atoms with Crippen LogP contribution in [0.2, 0.25) is 0 Å². The van der Waals surface area contributed by atoms with Crippen LogP contribution >= 0.6 is 0 Å². The van der Waals surface area contributed by atoms with Gasteiger partial charge in [-0.2, -0.15) is 0 Å². The Hall–Kier alpha value is -2.60. The van der Waals surface area contributed by atoms with Gasteiger partial charge in [0.25, 0.3) is 0 Å². The Kier molecular flexibility index (Phi) is 3.82. The summed E-state index contributed by atoms with van der Waals surface area (Å²) in [6.07, 6.45) is 2.13. The van der Waals surface area contributed by atoms with Crippen LogP contribution in [0.25, 0.3) is 32.7 Å². The van der Waals surface area contributed by atoms with Gasteiger partial charge in [0.15, 0.2) is 0 Å². The maximum absolute atomic E-state index is 2.30. The number of fused-ring (bicyclic) bond motifs is 2. The Morgan fingerprint density at radius 1 is 0.458 bits per heavy atom. The Labute approximate surface area is 143 Å². The second-order valence-electron chi connectivity index (χ2n) is 6.34. The lowest BCUT2D eigenvalue weighted by atomic mass is 9.90. The first-order valence-electron chi connectivity index (χ1n) is 8.85. The molecule has 0 aliphatic carbocycles. The fraction of sp³-hybridized carbons (Fsp3) is 0.167. The highest BCUT2D eigenvalue weighted by atomic mass is 14.1. The molecule has 0 radical (unpaired) electrons. The highest BCUT2D eigenvalue weighted by Gasteiger charge is 2.11. The molecule has 0 saturated carbocycles. The van der Waals surface area contributed by atoms with Crippen molar-refractivity contribution in [1.29, 1.82) is 0 Å². The lowest BCUT2D eigenvalue weighted by Gasteiger charge is -2.14. The zero-order chi connectivity index (χ0) is 16.5. The monoisotopic (exact) mass is 310 g/mol. The van der Waals surface area contributed by atoms with Gasteiger partial charge in [0.05, 0.1) is 0 Å². The summed E-state index contributed by atoms with van der Waals surface area (Å²) in [5.41, 5.74) is 5.51. The van der Waals surface area contributed by atoms with Gasteiger partial charge in [-0.1, -0.05) is 86.6 Å². The lowest BCUT2D eigenvalue weighted by Crippen LogP contribution is -1.90. The molecule has 118 valence electrons. The van der Waals surface area contributed by atoms with Crippen molar-refractivity contribution in [2.45, 2.75) is 26.7 Å². The molecule has 4 rings (SSSR count). The van der Waals surface area contributed by atoms with E-state index in [-0.39, 0.29) is 0 Å². The Balaban J connectivity index is 2.08. The summed E-state index contributed by atoms with van der Waals surface area (Å²) >= 11 is 0. The molecule has 0 aliphatic rings. The van der Waals surface area contributed by atoms with Gasteiger partial charge in [0.1, 0.15) is 0 Å². The number of rotatable bonds is 3. The smallest absolute Gasteiger partial charge is 0.00990 e. The predicted molar refractivity (Wildman–Crippen MR) is 106 cm³/mol. The van der Waals surface area contributed by atoms with Gasteiger partial charge in [-0.3, -0.25) is 0 Å². The van der Waals surface area contributed by atoms with Crippen molar-refractivity contribution in [1.82, 2.24) is 0 Å². The minimum Gasteiger partial charge on any atom is -0.0616 e. The molecule has 0 fully saturated rings. The van der Waals surface area contributed by atoms with Gasteiger partial charge in [-0.25, -0.2) is 0 Å². The third kappa shape index (κ3) is 2.30. The van der Waals surface area contributed by atoms with Crippen molar-refractivity contribution in [3.05, 3.63) is 83.9 Å². The van der Waals surface area contributed by atoms with E-state index in [4.69, 9.17) is 0 Å². The zero-order valence-corrected chi connectivity index (χ0v) is 14.3. The van der Waals surface area contributed by atoms with Crippen LogP contribution in [0.4, 0.5) is 0 Å². The van der Waals surface area contributed by atoms with E-state index in [0.29, 0.717) is 0 Å². The van der Waals surface area contributed by atoms with Crippen molar-refractivity contribution in [3.63, 3.8) is 0 Å². The third-order valence-corrected chi connectivity index (χ3v) is 5.08. The van der Waals surface area contributed by atoms with Crippen molar-refractivity contribution in [3.8, 4) is 11.1 Å². The number of benzene rings is 4. The molecule has 0 N–H and O–H groups in total. The van der Waals surface area contributed by atoms with Gasteiger partial charge in [0.2, 0.25) is 0 Å². The van der Waals surface area contributed by atoms with Crippen LogP contribution in [-0.4, -0.2) is 0 Å². The maximum atomic E-state index is 2.30. The van der Waals surface area contributed by atoms with Gasteiger partial charge in [-0.15, -0.1) is 0 Å². The summed E-state index contributed by atoms with van der Waals surface area (Å²) < 4.78 is 0. The lowest BCUT2D eigenvalue weighted by molar-refractivity contribution is 1.16. The first-order chi connectivity index (χ1) is 11.8. The summed E-state index contributed by atoms with van der Waals surface area (Å²) in [4.78, 5) is 0. The van der Waals surface area contributed by atoms with Crippen LogP contribution in [0.15, 0.2) is 72.8 Å². The summed E-state index contributed by atoms with van der Waals surface area (Å²) in [6.45, 7) is 4.46. The van der Waals surface area contributed by atoms with Crippen molar-refractivity contribution in [2.24, 2.45) is 0 Å². The van der Waals surface area contributed by atoms with Gasteiger partial charge in [-0.05, 0) is 56.6 Å². The van der Waals surface area contributed by atoms with E-state index in [1.165, 1.54) is 43.8 Å². The van der Waals surface area contributed by atoms with Gasteiger partial charge >= 0.3 is 0 Å². The van der Waals surface area contributed by atoms with Crippen LogP contribution in [0.1, 0.15) is 25.0 Å². The molecule has 0 aliphatic heterocycles. The maximum Gasteiger partial charge on any atom is -0.00990 e. The van der Waals surface area contributed by atoms with Gasteiger partial charge in [0, 0.05) is 0 Å². The van der Waals surface area contributed by atoms with Crippen LogP contribution in [0.3, 0.4) is 0 Å². The molecule has 0 amide bonds. The largest absolute Gasteiger partial charge is 0.0616 e. The minimum atomic E-state index is 1.07. The van der Waals surface area contributed by atoms with E-state index in [2.05, 4.69) is 86.6 Å². The molecule has 0 nitrogen and oxygen atoms in total. The Morgan fingerprint density at radius 2 is 0.833 bits per heavy atom. The SMILES string of the molecule is CCc1ccc(-c2ccc(CC)c3ccccc23)c2ccccc12. The molecule has 0 aromatic heterocycles. The second-order valence-corrected chi connectivity index (χ2v) is 6.34. The molecule has 0 saturated heterocycles. The van der Waals surface area contributed by atoms with Crippen LogP contribution < -0.4 is 0 Å². The fourth-order valence-corrected chi connectivity index (χ4v) is 3.81. The Morgan fingerprint density at radius 3 is 1.21 bits per heavy atom. The van der Waals surface area contributed by atoms with Crippen molar-refractivity contribution in [2.75, 3.05) is 0 Å². The standard InChI is InChI=1S/C24H22/c1-3-17-13-15-23(21-11-7-5-9-19(17)21)24-16-14-18(4-2)20-10-6-8-12-22(20)24/h5-16H,3-4H2,1-2H3. The average Bonchev–Trinajstić information content (AvgIpc) is 2.66. The molecule has 0 heteroatoms. The Bertz CT molecular complexity index is 939. The number of hydrogen-bond acceptors (Lipinski definition) is 0. The first kappa shape index (κ1) is 15.0. The normalized spacial score (nSPS) is 11.2. The zero-order valence-electron chi connectivity index (χ0n) is 14.3.